The Labute approximate surface area is 85.9 Å². The van der Waals surface area contributed by atoms with Gasteiger partial charge < -0.3 is 4.74 Å². The van der Waals surface area contributed by atoms with E-state index in [1.165, 1.54) is 13.8 Å². The van der Waals surface area contributed by atoms with Crippen LogP contribution in [-0.2, 0) is 9.53 Å². The predicted octanol–water partition coefficient (Wildman–Crippen LogP) is 1.66. The molecule has 1 unspecified atom stereocenters. The van der Waals surface area contributed by atoms with E-state index in [9.17, 15) is 14.9 Å². The average Bonchev–Trinajstić information content (AvgIpc) is 1.85. The SMILES string of the molecule is CC(=O)OC(C)C(Br)(Br)[N+](=O)[O-]. The van der Waals surface area contributed by atoms with Crippen LogP contribution in [0.15, 0.2) is 0 Å². The molecular formula is C5H7Br2NO4. The lowest BCUT2D eigenvalue weighted by atomic mass is 10.4. The minimum absolute atomic E-state index is 0.562. The number of halogens is 2. The molecule has 0 aliphatic heterocycles. The van der Waals surface area contributed by atoms with Crippen LogP contribution >= 0.6 is 31.9 Å². The zero-order chi connectivity index (χ0) is 9.94. The molecule has 12 heavy (non-hydrogen) atoms. The lowest BCUT2D eigenvalue weighted by Crippen LogP contribution is -2.38. The van der Waals surface area contributed by atoms with Crippen LogP contribution in [0.2, 0.25) is 0 Å². The monoisotopic (exact) mass is 303 g/mol. The van der Waals surface area contributed by atoms with Crippen molar-refractivity contribution in [3.8, 4) is 0 Å². The van der Waals surface area contributed by atoms with Crippen LogP contribution in [-0.4, -0.2) is 20.4 Å². The van der Waals surface area contributed by atoms with Gasteiger partial charge in [0.2, 0.25) is 0 Å². The van der Waals surface area contributed by atoms with Crippen molar-refractivity contribution in [3.05, 3.63) is 10.1 Å². The lowest BCUT2D eigenvalue weighted by Gasteiger charge is -2.18. The molecule has 70 valence electrons. The molecule has 0 heterocycles. The van der Waals surface area contributed by atoms with Crippen LogP contribution in [0.5, 0.6) is 0 Å². The van der Waals surface area contributed by atoms with Gasteiger partial charge in [0.15, 0.2) is 6.10 Å². The van der Waals surface area contributed by atoms with Crippen molar-refractivity contribution in [1.29, 1.82) is 0 Å². The summed E-state index contributed by atoms with van der Waals surface area (Å²) in [5.74, 6) is -0.562. The molecule has 0 amide bonds. The molecule has 0 fully saturated rings. The fraction of sp³-hybridized carbons (Fsp3) is 0.800. The van der Waals surface area contributed by atoms with E-state index in [2.05, 4.69) is 36.6 Å². The van der Waals surface area contributed by atoms with E-state index >= 15 is 0 Å². The number of hydrogen-bond donors (Lipinski definition) is 0. The Bertz CT molecular complexity index is 206. The summed E-state index contributed by atoms with van der Waals surface area (Å²) in [5, 5.41) is 10.4. The molecule has 1 atom stereocenters. The maximum atomic E-state index is 10.4. The summed E-state index contributed by atoms with van der Waals surface area (Å²) in [6, 6.07) is 0. The first-order valence-corrected chi connectivity index (χ1v) is 4.56. The van der Waals surface area contributed by atoms with Crippen LogP contribution in [0.1, 0.15) is 13.8 Å². The fourth-order valence-electron chi connectivity index (χ4n) is 0.468. The summed E-state index contributed by atoms with van der Waals surface area (Å²) in [4.78, 5) is 20.2. The Kier molecular flexibility index (Phi) is 4.12. The molecule has 0 aliphatic rings. The third-order valence-corrected chi connectivity index (χ3v) is 2.94. The number of esters is 1. The molecule has 0 aromatic carbocycles. The molecule has 0 N–H and O–H groups in total. The van der Waals surface area contributed by atoms with Gasteiger partial charge in [-0.25, -0.2) is 0 Å². The first kappa shape index (κ1) is 11.8. The van der Waals surface area contributed by atoms with Crippen molar-refractivity contribution in [2.45, 2.75) is 23.3 Å². The lowest BCUT2D eigenvalue weighted by molar-refractivity contribution is -0.514. The minimum atomic E-state index is -1.61. The van der Waals surface area contributed by atoms with Crippen LogP contribution in [0.3, 0.4) is 0 Å². The topological polar surface area (TPSA) is 69.4 Å². The normalized spacial score (nSPS) is 13.7. The molecule has 5 nitrogen and oxygen atoms in total. The largest absolute Gasteiger partial charge is 0.453 e. The van der Waals surface area contributed by atoms with Gasteiger partial charge >= 0.3 is 9.33 Å². The second-order valence-electron chi connectivity index (χ2n) is 2.10. The van der Waals surface area contributed by atoms with Gasteiger partial charge in [0, 0.05) is 38.8 Å². The highest BCUT2D eigenvalue weighted by Gasteiger charge is 2.45. The van der Waals surface area contributed by atoms with Gasteiger partial charge in [0.1, 0.15) is 0 Å². The zero-order valence-electron chi connectivity index (χ0n) is 6.41. The Morgan fingerprint density at radius 3 is 2.33 bits per heavy atom. The van der Waals surface area contributed by atoms with E-state index in [-0.39, 0.29) is 0 Å². The minimum Gasteiger partial charge on any atom is -0.453 e. The number of ether oxygens (including phenoxy) is 1. The third-order valence-electron chi connectivity index (χ3n) is 1.08. The Hall–Kier alpha value is -0.170. The standard InChI is InChI=1S/C5H7Br2NO4/c1-3(12-4(2)9)5(6,7)8(10)11/h3H,1-2H3. The van der Waals surface area contributed by atoms with Crippen LogP contribution in [0.25, 0.3) is 0 Å². The smallest absolute Gasteiger partial charge is 0.362 e. The van der Waals surface area contributed by atoms with Gasteiger partial charge in [-0.2, -0.15) is 0 Å². The van der Waals surface area contributed by atoms with Crippen LogP contribution in [0.4, 0.5) is 0 Å². The van der Waals surface area contributed by atoms with E-state index in [0.29, 0.717) is 0 Å². The molecule has 0 saturated carbocycles. The van der Waals surface area contributed by atoms with Gasteiger partial charge in [0.25, 0.3) is 0 Å². The number of hydrogen-bond acceptors (Lipinski definition) is 4. The van der Waals surface area contributed by atoms with Crippen molar-refractivity contribution in [2.75, 3.05) is 0 Å². The molecule has 0 radical (unpaired) electrons. The summed E-state index contributed by atoms with van der Waals surface area (Å²) < 4.78 is 3.00. The summed E-state index contributed by atoms with van der Waals surface area (Å²) in [6.45, 7) is 2.60. The fourth-order valence-corrected chi connectivity index (χ4v) is 0.655. The van der Waals surface area contributed by atoms with Crippen molar-refractivity contribution >= 4 is 37.8 Å². The number of carbonyl (C=O) groups is 1. The van der Waals surface area contributed by atoms with E-state index in [1.807, 2.05) is 0 Å². The van der Waals surface area contributed by atoms with Gasteiger partial charge in [-0.1, -0.05) is 0 Å². The molecule has 0 rings (SSSR count). The van der Waals surface area contributed by atoms with E-state index in [0.717, 1.165) is 0 Å². The Morgan fingerprint density at radius 1 is 1.67 bits per heavy atom. The number of carbonyl (C=O) groups excluding carboxylic acids is 1. The molecule has 0 aromatic heterocycles. The first-order valence-electron chi connectivity index (χ1n) is 2.98. The highest BCUT2D eigenvalue weighted by molar-refractivity contribution is 9.25. The highest BCUT2D eigenvalue weighted by atomic mass is 79.9. The van der Waals surface area contributed by atoms with Crippen LogP contribution in [0, 0.1) is 10.1 Å². The van der Waals surface area contributed by atoms with Gasteiger partial charge in [-0.15, -0.1) is 0 Å². The summed E-state index contributed by atoms with van der Waals surface area (Å²) in [7, 11) is 0. The predicted molar refractivity (Wildman–Crippen MR) is 48.8 cm³/mol. The number of nitro groups is 1. The molecule has 0 aromatic rings. The van der Waals surface area contributed by atoms with Crippen molar-refractivity contribution in [2.24, 2.45) is 0 Å². The molecule has 0 aliphatic carbocycles. The maximum Gasteiger partial charge on any atom is 0.362 e. The van der Waals surface area contributed by atoms with E-state index < -0.39 is 20.4 Å². The van der Waals surface area contributed by atoms with E-state index in [4.69, 9.17) is 0 Å². The van der Waals surface area contributed by atoms with Gasteiger partial charge in [0.05, 0.1) is 4.92 Å². The first-order chi connectivity index (χ1) is 5.28. The highest BCUT2D eigenvalue weighted by Crippen LogP contribution is 2.32. The summed E-state index contributed by atoms with van der Waals surface area (Å²) in [5.41, 5.74) is 0. The Balaban J connectivity index is 4.35. The second kappa shape index (κ2) is 4.18. The van der Waals surface area contributed by atoms with Crippen LogP contribution < -0.4 is 0 Å². The van der Waals surface area contributed by atoms with E-state index in [1.54, 1.807) is 0 Å². The molecule has 0 bridgehead atoms. The van der Waals surface area contributed by atoms with Crippen molar-refractivity contribution < 1.29 is 14.5 Å². The summed E-state index contributed by atoms with van der Waals surface area (Å²) >= 11 is 5.56. The van der Waals surface area contributed by atoms with Crippen molar-refractivity contribution in [1.82, 2.24) is 0 Å². The van der Waals surface area contributed by atoms with Gasteiger partial charge in [-0.3, -0.25) is 14.9 Å². The second-order valence-corrected chi connectivity index (χ2v) is 5.58. The molecule has 0 saturated heterocycles. The third kappa shape index (κ3) is 3.06. The number of nitrogens with zero attached hydrogens (tertiary/aromatic N) is 1. The van der Waals surface area contributed by atoms with Gasteiger partial charge in [-0.05, 0) is 6.92 Å². The average molecular weight is 305 g/mol. The maximum absolute atomic E-state index is 10.4. The Morgan fingerprint density at radius 2 is 2.08 bits per heavy atom. The number of rotatable bonds is 3. The quantitative estimate of drug-likeness (QED) is 0.261. The molecule has 7 heteroatoms. The summed E-state index contributed by atoms with van der Waals surface area (Å²) in [6.07, 6.45) is -0.884. The zero-order valence-corrected chi connectivity index (χ0v) is 9.59. The molecular weight excluding hydrogens is 298 g/mol. The van der Waals surface area contributed by atoms with Crippen molar-refractivity contribution in [3.63, 3.8) is 0 Å². The number of alkyl halides is 2. The molecule has 0 spiro atoms.